The van der Waals surface area contributed by atoms with Crippen molar-refractivity contribution in [1.82, 2.24) is 9.88 Å². The van der Waals surface area contributed by atoms with Gasteiger partial charge in [-0.25, -0.2) is 0 Å². The summed E-state index contributed by atoms with van der Waals surface area (Å²) in [7, 11) is 0. The van der Waals surface area contributed by atoms with E-state index in [2.05, 4.69) is 9.88 Å². The van der Waals surface area contributed by atoms with Gasteiger partial charge in [-0.2, -0.15) is 0 Å². The van der Waals surface area contributed by atoms with Crippen LogP contribution in [0.5, 0.6) is 0 Å². The predicted molar refractivity (Wildman–Crippen MR) is 42.0 cm³/mol. The van der Waals surface area contributed by atoms with E-state index in [4.69, 9.17) is 0 Å². The number of nitrogens with zero attached hydrogens (tertiary/aromatic N) is 2. The molecule has 2 rings (SSSR count). The lowest BCUT2D eigenvalue weighted by molar-refractivity contribution is 0.174. The van der Waals surface area contributed by atoms with Gasteiger partial charge in [0, 0.05) is 17.6 Å². The van der Waals surface area contributed by atoms with Crippen LogP contribution >= 0.6 is 11.3 Å². The lowest BCUT2D eigenvalue weighted by atomic mass is 10.2. The van der Waals surface area contributed by atoms with E-state index in [-0.39, 0.29) is 0 Å². The molecule has 10 heavy (non-hydrogen) atoms. The quantitative estimate of drug-likeness (QED) is 0.639. The summed E-state index contributed by atoms with van der Waals surface area (Å²) in [6.07, 6.45) is 3.34. The van der Waals surface area contributed by atoms with Crippen LogP contribution < -0.4 is 0 Å². The Morgan fingerprint density at radius 2 is 2.50 bits per heavy atom. The van der Waals surface area contributed by atoms with Crippen LogP contribution in [0.25, 0.3) is 0 Å². The van der Waals surface area contributed by atoms with E-state index in [0.29, 0.717) is 0 Å². The Kier molecular flexibility index (Phi) is 1.69. The van der Waals surface area contributed by atoms with Gasteiger partial charge in [0.25, 0.3) is 0 Å². The van der Waals surface area contributed by atoms with Crippen molar-refractivity contribution in [2.45, 2.75) is 13.0 Å². The first-order chi connectivity index (χ1) is 4.95. The third kappa shape index (κ3) is 1.20. The average molecular weight is 154 g/mol. The second-order valence-electron chi connectivity index (χ2n) is 2.60. The van der Waals surface area contributed by atoms with Gasteiger partial charge in [0.05, 0.1) is 5.51 Å². The maximum atomic E-state index is 4.03. The molecule has 0 amide bonds. The van der Waals surface area contributed by atoms with Gasteiger partial charge in [-0.1, -0.05) is 0 Å². The van der Waals surface area contributed by atoms with E-state index < -0.39 is 0 Å². The van der Waals surface area contributed by atoms with Crippen molar-refractivity contribution in [2.75, 3.05) is 13.1 Å². The minimum atomic E-state index is 1.12. The molecule has 1 aliphatic rings. The van der Waals surface area contributed by atoms with Gasteiger partial charge < -0.3 is 0 Å². The zero-order chi connectivity index (χ0) is 6.81. The largest absolute Gasteiger partial charge is 0.298 e. The lowest BCUT2D eigenvalue weighted by Crippen LogP contribution is -2.35. The Morgan fingerprint density at radius 1 is 1.60 bits per heavy atom. The van der Waals surface area contributed by atoms with Crippen molar-refractivity contribution >= 4 is 11.3 Å². The molecular formula is C7H10N2S. The summed E-state index contributed by atoms with van der Waals surface area (Å²) in [4.78, 5) is 7.85. The molecule has 1 aromatic rings. The van der Waals surface area contributed by atoms with Crippen LogP contribution in [0.2, 0.25) is 0 Å². The molecule has 0 saturated carbocycles. The summed E-state index contributed by atoms with van der Waals surface area (Å²) in [5.41, 5.74) is 1.90. The van der Waals surface area contributed by atoms with Gasteiger partial charge in [-0.05, 0) is 19.5 Å². The Bertz CT molecular complexity index is 191. The van der Waals surface area contributed by atoms with E-state index in [1.165, 1.54) is 24.4 Å². The van der Waals surface area contributed by atoms with Gasteiger partial charge >= 0.3 is 0 Å². The highest BCUT2D eigenvalue weighted by Crippen LogP contribution is 2.14. The van der Waals surface area contributed by atoms with Crippen molar-refractivity contribution in [1.29, 1.82) is 0 Å². The maximum Gasteiger partial charge on any atom is 0.0794 e. The summed E-state index contributed by atoms with van der Waals surface area (Å²) in [5.74, 6) is 0. The van der Waals surface area contributed by atoms with Crippen molar-refractivity contribution in [3.05, 3.63) is 16.6 Å². The number of hydrogen-bond acceptors (Lipinski definition) is 3. The molecule has 0 bridgehead atoms. The van der Waals surface area contributed by atoms with E-state index in [9.17, 15) is 0 Å². The van der Waals surface area contributed by atoms with E-state index >= 15 is 0 Å². The molecule has 0 radical (unpaired) electrons. The highest BCUT2D eigenvalue weighted by molar-refractivity contribution is 7.09. The maximum absolute atomic E-state index is 4.03. The van der Waals surface area contributed by atoms with Crippen molar-refractivity contribution < 1.29 is 0 Å². The molecule has 0 unspecified atom stereocenters. The molecule has 1 saturated heterocycles. The van der Waals surface area contributed by atoms with Gasteiger partial charge in [-0.3, -0.25) is 9.88 Å². The normalized spacial score (nSPS) is 18.8. The van der Waals surface area contributed by atoms with Gasteiger partial charge in [-0.15, -0.1) is 11.3 Å². The summed E-state index contributed by atoms with van der Waals surface area (Å²) in [6.45, 7) is 3.67. The number of hydrogen-bond donors (Lipinski definition) is 0. The fourth-order valence-electron chi connectivity index (χ4n) is 1.08. The minimum Gasteiger partial charge on any atom is -0.298 e. The first-order valence-corrected chi connectivity index (χ1v) is 4.43. The zero-order valence-corrected chi connectivity index (χ0v) is 6.60. The molecular weight excluding hydrogens is 144 g/mol. The number of aromatic nitrogens is 1. The summed E-state index contributed by atoms with van der Waals surface area (Å²) < 4.78 is 0. The standard InChI is InChI=1S/C7H10N2S/c1-2-9(3-1)5-7-4-8-6-10-7/h4,6H,1-3,5H2. The molecule has 3 heteroatoms. The van der Waals surface area contributed by atoms with Crippen LogP contribution in [-0.2, 0) is 6.54 Å². The Hall–Kier alpha value is -0.410. The van der Waals surface area contributed by atoms with Crippen LogP contribution in [0, 0.1) is 0 Å². The topological polar surface area (TPSA) is 16.1 Å². The second-order valence-corrected chi connectivity index (χ2v) is 3.57. The van der Waals surface area contributed by atoms with Crippen molar-refractivity contribution in [3.63, 3.8) is 0 Å². The second kappa shape index (κ2) is 2.68. The Labute approximate surface area is 64.5 Å². The van der Waals surface area contributed by atoms with E-state index in [1.807, 2.05) is 11.7 Å². The molecule has 2 heterocycles. The van der Waals surface area contributed by atoms with Crippen molar-refractivity contribution in [3.8, 4) is 0 Å². The Morgan fingerprint density at radius 3 is 3.00 bits per heavy atom. The fourth-order valence-corrected chi connectivity index (χ4v) is 1.72. The number of thiazole rings is 1. The molecule has 0 spiro atoms. The third-order valence-electron chi connectivity index (χ3n) is 1.81. The van der Waals surface area contributed by atoms with Gasteiger partial charge in [0.1, 0.15) is 0 Å². The molecule has 0 aliphatic carbocycles. The van der Waals surface area contributed by atoms with E-state index in [1.54, 1.807) is 11.3 Å². The molecule has 1 fully saturated rings. The summed E-state index contributed by atoms with van der Waals surface area (Å²) >= 11 is 1.75. The summed E-state index contributed by atoms with van der Waals surface area (Å²) in [6, 6.07) is 0. The van der Waals surface area contributed by atoms with Crippen LogP contribution in [0.15, 0.2) is 11.7 Å². The molecule has 0 N–H and O–H groups in total. The lowest BCUT2D eigenvalue weighted by Gasteiger charge is -2.29. The van der Waals surface area contributed by atoms with Crippen molar-refractivity contribution in [2.24, 2.45) is 0 Å². The fraction of sp³-hybridized carbons (Fsp3) is 0.571. The molecule has 54 valence electrons. The number of rotatable bonds is 2. The van der Waals surface area contributed by atoms with Gasteiger partial charge in [0.2, 0.25) is 0 Å². The smallest absolute Gasteiger partial charge is 0.0794 e. The highest BCUT2D eigenvalue weighted by atomic mass is 32.1. The van der Waals surface area contributed by atoms with Crippen LogP contribution in [-0.4, -0.2) is 23.0 Å². The first-order valence-electron chi connectivity index (χ1n) is 3.55. The average Bonchev–Trinajstić information content (AvgIpc) is 2.29. The van der Waals surface area contributed by atoms with Crippen LogP contribution in [0.4, 0.5) is 0 Å². The molecule has 1 aliphatic heterocycles. The Balaban J connectivity index is 1.90. The third-order valence-corrected chi connectivity index (χ3v) is 2.58. The highest BCUT2D eigenvalue weighted by Gasteiger charge is 2.13. The first kappa shape index (κ1) is 6.31. The number of likely N-dealkylation sites (tertiary alicyclic amines) is 1. The molecule has 0 atom stereocenters. The van der Waals surface area contributed by atoms with Gasteiger partial charge in [0.15, 0.2) is 0 Å². The zero-order valence-electron chi connectivity index (χ0n) is 5.79. The predicted octanol–water partition coefficient (Wildman–Crippen LogP) is 1.35. The van der Waals surface area contributed by atoms with E-state index in [0.717, 1.165) is 6.54 Å². The molecule has 1 aromatic heterocycles. The molecule has 2 nitrogen and oxygen atoms in total. The van der Waals surface area contributed by atoms with Crippen LogP contribution in [0.3, 0.4) is 0 Å². The summed E-state index contributed by atoms with van der Waals surface area (Å²) in [5, 5.41) is 0. The minimum absolute atomic E-state index is 1.12. The SMILES string of the molecule is c1ncc(CN2CCC2)s1. The van der Waals surface area contributed by atoms with Crippen LogP contribution in [0.1, 0.15) is 11.3 Å². The molecule has 0 aromatic carbocycles. The monoisotopic (exact) mass is 154 g/mol.